The Labute approximate surface area is 123 Å². The highest BCUT2D eigenvalue weighted by atomic mass is 79.9. The molecule has 1 atom stereocenters. The van der Waals surface area contributed by atoms with Crippen molar-refractivity contribution in [3.05, 3.63) is 57.0 Å². The molecular weight excluding hydrogens is 358 g/mol. The van der Waals surface area contributed by atoms with Crippen LogP contribution in [-0.2, 0) is 0 Å². The van der Waals surface area contributed by atoms with Gasteiger partial charge in [0.25, 0.3) is 0 Å². The molecule has 0 aliphatic carbocycles. The Kier molecular flexibility index (Phi) is 4.43. The number of benzene rings is 2. The van der Waals surface area contributed by atoms with Crippen molar-refractivity contribution in [3.8, 4) is 11.5 Å². The molecule has 94 valence electrons. The fourth-order valence-electron chi connectivity index (χ4n) is 1.53. The number of rotatable bonds is 3. The third kappa shape index (κ3) is 3.13. The SMILES string of the molecule is CC(N)c1ccc(Oc2ccccc2Br)c(Br)c1. The summed E-state index contributed by atoms with van der Waals surface area (Å²) < 4.78 is 7.66. The molecule has 0 heterocycles. The van der Waals surface area contributed by atoms with Crippen molar-refractivity contribution in [2.45, 2.75) is 13.0 Å². The van der Waals surface area contributed by atoms with Gasteiger partial charge < -0.3 is 10.5 Å². The van der Waals surface area contributed by atoms with Gasteiger partial charge in [0, 0.05) is 6.04 Å². The summed E-state index contributed by atoms with van der Waals surface area (Å²) in [5.41, 5.74) is 6.91. The third-order valence-corrected chi connectivity index (χ3v) is 3.81. The average Bonchev–Trinajstić information content (AvgIpc) is 2.34. The van der Waals surface area contributed by atoms with Crippen LogP contribution in [0, 0.1) is 0 Å². The zero-order valence-corrected chi connectivity index (χ0v) is 13.0. The Morgan fingerprint density at radius 1 is 1.00 bits per heavy atom. The Balaban J connectivity index is 2.28. The average molecular weight is 371 g/mol. The number of nitrogens with two attached hydrogens (primary N) is 1. The summed E-state index contributed by atoms with van der Waals surface area (Å²) in [4.78, 5) is 0. The highest BCUT2D eigenvalue weighted by Crippen LogP contribution is 2.34. The maximum absolute atomic E-state index is 5.84. The first-order valence-electron chi connectivity index (χ1n) is 5.55. The van der Waals surface area contributed by atoms with Crippen LogP contribution in [0.3, 0.4) is 0 Å². The number of hydrogen-bond donors (Lipinski definition) is 1. The summed E-state index contributed by atoms with van der Waals surface area (Å²) in [5, 5.41) is 0. The van der Waals surface area contributed by atoms with Gasteiger partial charge in [-0.3, -0.25) is 0 Å². The molecule has 2 N–H and O–H groups in total. The van der Waals surface area contributed by atoms with Crippen LogP contribution in [0.1, 0.15) is 18.5 Å². The van der Waals surface area contributed by atoms with E-state index >= 15 is 0 Å². The maximum Gasteiger partial charge on any atom is 0.141 e. The lowest BCUT2D eigenvalue weighted by molar-refractivity contribution is 0.476. The van der Waals surface area contributed by atoms with Crippen LogP contribution in [-0.4, -0.2) is 0 Å². The van der Waals surface area contributed by atoms with Gasteiger partial charge in [-0.1, -0.05) is 18.2 Å². The molecule has 2 nitrogen and oxygen atoms in total. The molecule has 0 saturated heterocycles. The van der Waals surface area contributed by atoms with Gasteiger partial charge in [-0.15, -0.1) is 0 Å². The summed E-state index contributed by atoms with van der Waals surface area (Å²) in [5.74, 6) is 1.55. The summed E-state index contributed by atoms with van der Waals surface area (Å²) in [6.07, 6.45) is 0. The predicted octanol–water partition coefficient (Wildman–Crippen LogP) is 5.02. The van der Waals surface area contributed by atoms with Crippen LogP contribution < -0.4 is 10.5 Å². The second-order valence-electron chi connectivity index (χ2n) is 4.01. The van der Waals surface area contributed by atoms with E-state index < -0.39 is 0 Å². The zero-order valence-electron chi connectivity index (χ0n) is 9.86. The van der Waals surface area contributed by atoms with Crippen molar-refractivity contribution in [3.63, 3.8) is 0 Å². The standard InChI is InChI=1S/C14H13Br2NO/c1-9(17)10-6-7-14(12(16)8-10)18-13-5-3-2-4-11(13)15/h2-9H,17H2,1H3. The van der Waals surface area contributed by atoms with Gasteiger partial charge in [0.05, 0.1) is 8.95 Å². The number of halogens is 2. The van der Waals surface area contributed by atoms with Crippen LogP contribution >= 0.6 is 31.9 Å². The molecule has 18 heavy (non-hydrogen) atoms. The minimum atomic E-state index is 0.0128. The summed E-state index contributed by atoms with van der Waals surface area (Å²) in [7, 11) is 0. The lowest BCUT2D eigenvalue weighted by Crippen LogP contribution is -2.04. The van der Waals surface area contributed by atoms with E-state index in [-0.39, 0.29) is 6.04 Å². The molecule has 0 spiro atoms. The number of para-hydroxylation sites is 1. The molecule has 0 aliphatic rings. The minimum Gasteiger partial charge on any atom is -0.455 e. The Morgan fingerprint density at radius 3 is 2.28 bits per heavy atom. The van der Waals surface area contributed by atoms with Crippen LogP contribution in [0.5, 0.6) is 11.5 Å². The van der Waals surface area contributed by atoms with Crippen molar-refractivity contribution in [1.29, 1.82) is 0 Å². The summed E-state index contributed by atoms with van der Waals surface area (Å²) in [6.45, 7) is 1.95. The second kappa shape index (κ2) is 5.87. The first-order valence-corrected chi connectivity index (χ1v) is 7.14. The van der Waals surface area contributed by atoms with E-state index in [1.807, 2.05) is 49.4 Å². The lowest BCUT2D eigenvalue weighted by Gasteiger charge is -2.12. The quantitative estimate of drug-likeness (QED) is 0.822. The van der Waals surface area contributed by atoms with Gasteiger partial charge in [-0.05, 0) is 68.6 Å². The molecule has 0 radical (unpaired) electrons. The molecule has 4 heteroatoms. The Hall–Kier alpha value is -0.840. The van der Waals surface area contributed by atoms with Crippen LogP contribution in [0.15, 0.2) is 51.4 Å². The Morgan fingerprint density at radius 2 is 1.67 bits per heavy atom. The van der Waals surface area contributed by atoms with Gasteiger partial charge in [0.15, 0.2) is 0 Å². The van der Waals surface area contributed by atoms with Gasteiger partial charge >= 0.3 is 0 Å². The van der Waals surface area contributed by atoms with E-state index in [4.69, 9.17) is 10.5 Å². The molecule has 2 rings (SSSR count). The van der Waals surface area contributed by atoms with Gasteiger partial charge in [-0.25, -0.2) is 0 Å². The summed E-state index contributed by atoms with van der Waals surface area (Å²) >= 11 is 6.96. The fourth-order valence-corrected chi connectivity index (χ4v) is 2.37. The highest BCUT2D eigenvalue weighted by Gasteiger charge is 2.08. The smallest absolute Gasteiger partial charge is 0.141 e. The fraction of sp³-hybridized carbons (Fsp3) is 0.143. The summed E-state index contributed by atoms with van der Waals surface area (Å²) in [6, 6.07) is 13.6. The van der Waals surface area contributed by atoms with Gasteiger partial charge in [0.1, 0.15) is 11.5 Å². The van der Waals surface area contributed by atoms with E-state index in [1.165, 1.54) is 0 Å². The van der Waals surface area contributed by atoms with Crippen LogP contribution in [0.4, 0.5) is 0 Å². The number of hydrogen-bond acceptors (Lipinski definition) is 2. The van der Waals surface area contributed by atoms with Crippen molar-refractivity contribution >= 4 is 31.9 Å². The van der Waals surface area contributed by atoms with E-state index in [0.29, 0.717) is 0 Å². The molecule has 0 aliphatic heterocycles. The molecule has 1 unspecified atom stereocenters. The van der Waals surface area contributed by atoms with Crippen molar-refractivity contribution in [2.24, 2.45) is 5.73 Å². The highest BCUT2D eigenvalue weighted by molar-refractivity contribution is 9.11. The molecule has 0 aromatic heterocycles. The third-order valence-electron chi connectivity index (χ3n) is 2.54. The first-order chi connectivity index (χ1) is 8.58. The van der Waals surface area contributed by atoms with Crippen LogP contribution in [0.25, 0.3) is 0 Å². The number of ether oxygens (including phenoxy) is 1. The zero-order chi connectivity index (χ0) is 13.1. The molecule has 0 saturated carbocycles. The second-order valence-corrected chi connectivity index (χ2v) is 5.72. The van der Waals surface area contributed by atoms with Crippen LogP contribution in [0.2, 0.25) is 0 Å². The topological polar surface area (TPSA) is 35.2 Å². The predicted molar refractivity (Wildman–Crippen MR) is 81.0 cm³/mol. The maximum atomic E-state index is 5.84. The van der Waals surface area contributed by atoms with Crippen molar-refractivity contribution < 1.29 is 4.74 Å². The molecule has 0 amide bonds. The van der Waals surface area contributed by atoms with Crippen molar-refractivity contribution in [1.82, 2.24) is 0 Å². The Bertz CT molecular complexity index is 555. The first kappa shape index (κ1) is 13.6. The molecule has 0 bridgehead atoms. The van der Waals surface area contributed by atoms with E-state index in [1.54, 1.807) is 0 Å². The van der Waals surface area contributed by atoms with Gasteiger partial charge in [-0.2, -0.15) is 0 Å². The minimum absolute atomic E-state index is 0.0128. The van der Waals surface area contributed by atoms with E-state index in [0.717, 1.165) is 26.0 Å². The van der Waals surface area contributed by atoms with Crippen molar-refractivity contribution in [2.75, 3.05) is 0 Å². The monoisotopic (exact) mass is 369 g/mol. The molecule has 2 aromatic rings. The van der Waals surface area contributed by atoms with Gasteiger partial charge in [0.2, 0.25) is 0 Å². The largest absolute Gasteiger partial charge is 0.455 e. The molecular formula is C14H13Br2NO. The lowest BCUT2D eigenvalue weighted by atomic mass is 10.1. The molecule has 0 fully saturated rings. The normalized spacial score (nSPS) is 12.2. The molecule has 2 aromatic carbocycles. The van der Waals surface area contributed by atoms with E-state index in [9.17, 15) is 0 Å². The van der Waals surface area contributed by atoms with E-state index in [2.05, 4.69) is 31.9 Å².